The molecule has 0 saturated carbocycles. The number of pyridine rings is 1. The van der Waals surface area contributed by atoms with Crippen LogP contribution in [0.25, 0.3) is 0 Å². The maximum Gasteiger partial charge on any atom is 0.228 e. The van der Waals surface area contributed by atoms with Gasteiger partial charge in [-0.05, 0) is 36.8 Å². The number of Topliss-reactive ketones (excluding diaryl/α,β-unsaturated/α-hetero) is 1. The Morgan fingerprint density at radius 2 is 1.81 bits per heavy atom. The monoisotopic (exact) mass is 474 g/mol. The van der Waals surface area contributed by atoms with Crippen molar-refractivity contribution in [2.24, 2.45) is 5.92 Å². The zero-order chi connectivity index (χ0) is 22.9. The molecule has 7 nitrogen and oxygen atoms in total. The Kier molecular flexibility index (Phi) is 6.40. The minimum Gasteiger partial charge on any atom is -0.368 e. The van der Waals surface area contributed by atoms with Crippen molar-refractivity contribution < 1.29 is 14.4 Å². The molecule has 2 fully saturated rings. The third-order valence-corrected chi connectivity index (χ3v) is 6.53. The first-order chi connectivity index (χ1) is 15.3. The summed E-state index contributed by atoms with van der Waals surface area (Å²) in [6, 6.07) is 10.6. The highest BCUT2D eigenvalue weighted by molar-refractivity contribution is 6.35. The molecule has 0 spiro atoms. The van der Waals surface area contributed by atoms with Crippen LogP contribution in [0.3, 0.4) is 0 Å². The Morgan fingerprint density at radius 1 is 1.12 bits per heavy atom. The maximum absolute atomic E-state index is 13.2. The third kappa shape index (κ3) is 4.45. The molecule has 0 radical (unpaired) electrons. The van der Waals surface area contributed by atoms with Crippen LogP contribution in [0.4, 0.5) is 5.69 Å². The van der Waals surface area contributed by atoms with Gasteiger partial charge in [0.15, 0.2) is 5.78 Å². The van der Waals surface area contributed by atoms with Crippen molar-refractivity contribution in [3.63, 3.8) is 0 Å². The molecule has 2 atom stereocenters. The predicted molar refractivity (Wildman–Crippen MR) is 123 cm³/mol. The highest BCUT2D eigenvalue weighted by Crippen LogP contribution is 2.34. The Bertz CT molecular complexity index is 1020. The summed E-state index contributed by atoms with van der Waals surface area (Å²) in [5.41, 5.74) is 0.140. The number of nitrogens with one attached hydrogen (secondary N) is 1. The first-order valence-corrected chi connectivity index (χ1v) is 11.3. The van der Waals surface area contributed by atoms with Gasteiger partial charge in [0.05, 0.1) is 12.1 Å². The molecule has 3 heterocycles. The highest BCUT2D eigenvalue weighted by Gasteiger charge is 2.50. The number of hydrogen-bond donors (Lipinski definition) is 1. The first kappa shape index (κ1) is 22.6. The highest BCUT2D eigenvalue weighted by atomic mass is 35.5. The van der Waals surface area contributed by atoms with Crippen molar-refractivity contribution >= 4 is 46.5 Å². The van der Waals surface area contributed by atoms with Crippen LogP contribution in [0.5, 0.6) is 0 Å². The minimum atomic E-state index is -1.26. The molecule has 168 valence electrons. The van der Waals surface area contributed by atoms with Gasteiger partial charge >= 0.3 is 0 Å². The molecule has 2 saturated heterocycles. The van der Waals surface area contributed by atoms with E-state index in [1.54, 1.807) is 42.3 Å². The van der Waals surface area contributed by atoms with Crippen molar-refractivity contribution in [2.45, 2.75) is 25.3 Å². The normalized spacial score (nSPS) is 22.1. The molecule has 2 unspecified atom stereocenters. The molecule has 2 aliphatic rings. The number of hydrogen-bond acceptors (Lipinski definition) is 5. The van der Waals surface area contributed by atoms with Crippen molar-refractivity contribution in [1.82, 2.24) is 15.2 Å². The van der Waals surface area contributed by atoms with Crippen molar-refractivity contribution in [3.05, 3.63) is 58.3 Å². The number of carbonyl (C=O) groups excluding carboxylic acids is 3. The summed E-state index contributed by atoms with van der Waals surface area (Å²) in [6.45, 7) is 4.19. The van der Waals surface area contributed by atoms with Crippen molar-refractivity contribution in [3.8, 4) is 0 Å². The Hall–Kier alpha value is -2.64. The molecule has 2 aromatic rings. The van der Waals surface area contributed by atoms with Crippen LogP contribution in [0.1, 0.15) is 25.5 Å². The van der Waals surface area contributed by atoms with Crippen LogP contribution in [-0.2, 0) is 19.9 Å². The molecule has 0 aliphatic carbocycles. The van der Waals surface area contributed by atoms with E-state index in [1.807, 2.05) is 12.1 Å². The second kappa shape index (κ2) is 9.08. The Morgan fingerprint density at radius 3 is 2.38 bits per heavy atom. The molecule has 1 N–H and O–H groups in total. The van der Waals surface area contributed by atoms with Gasteiger partial charge in [-0.15, -0.1) is 0 Å². The van der Waals surface area contributed by atoms with Gasteiger partial charge in [0.1, 0.15) is 5.54 Å². The van der Waals surface area contributed by atoms with Crippen molar-refractivity contribution in [1.29, 1.82) is 0 Å². The lowest BCUT2D eigenvalue weighted by molar-refractivity contribution is -0.137. The summed E-state index contributed by atoms with van der Waals surface area (Å²) >= 11 is 12.2. The van der Waals surface area contributed by atoms with E-state index in [0.29, 0.717) is 41.9 Å². The van der Waals surface area contributed by atoms with E-state index in [9.17, 15) is 14.4 Å². The number of aromatic nitrogens is 1. The molecular weight excluding hydrogens is 451 g/mol. The number of amides is 2. The van der Waals surface area contributed by atoms with E-state index in [2.05, 4.69) is 15.2 Å². The van der Waals surface area contributed by atoms with E-state index in [1.165, 1.54) is 0 Å². The molecule has 2 amide bonds. The third-order valence-electron chi connectivity index (χ3n) is 6.09. The van der Waals surface area contributed by atoms with Gasteiger partial charge in [0.2, 0.25) is 11.8 Å². The molecule has 0 bridgehead atoms. The molecule has 32 heavy (non-hydrogen) atoms. The van der Waals surface area contributed by atoms with Crippen LogP contribution in [0.2, 0.25) is 10.0 Å². The van der Waals surface area contributed by atoms with E-state index < -0.39 is 11.5 Å². The van der Waals surface area contributed by atoms with Crippen molar-refractivity contribution in [2.75, 3.05) is 31.1 Å². The topological polar surface area (TPSA) is 82.6 Å². The fourth-order valence-electron chi connectivity index (χ4n) is 4.51. The average Bonchev–Trinajstić information content (AvgIpc) is 3.06. The first-order valence-electron chi connectivity index (χ1n) is 10.5. The summed E-state index contributed by atoms with van der Waals surface area (Å²) < 4.78 is 0. The number of nitrogens with zero attached hydrogens (tertiary/aromatic N) is 3. The summed E-state index contributed by atoms with van der Waals surface area (Å²) in [7, 11) is 0. The lowest BCUT2D eigenvalue weighted by Gasteiger charge is -2.38. The van der Waals surface area contributed by atoms with Crippen LogP contribution >= 0.6 is 23.2 Å². The van der Waals surface area contributed by atoms with Gasteiger partial charge in [-0.25, -0.2) is 0 Å². The van der Waals surface area contributed by atoms with Crippen LogP contribution in [-0.4, -0.2) is 53.7 Å². The van der Waals surface area contributed by atoms with E-state index in [0.717, 1.165) is 5.69 Å². The fourth-order valence-corrected chi connectivity index (χ4v) is 5.02. The number of anilines is 1. The fraction of sp³-hybridized carbons (Fsp3) is 0.391. The summed E-state index contributed by atoms with van der Waals surface area (Å²) in [6.07, 6.45) is 1.57. The molecule has 1 aromatic heterocycles. The number of benzene rings is 1. The Balaban J connectivity index is 1.44. The second-order valence-corrected chi connectivity index (χ2v) is 9.19. The maximum atomic E-state index is 13.2. The van der Waals surface area contributed by atoms with Gasteiger partial charge in [0, 0.05) is 54.0 Å². The lowest BCUT2D eigenvalue weighted by atomic mass is 9.82. The lowest BCUT2D eigenvalue weighted by Crippen LogP contribution is -2.52. The predicted octanol–water partition coefficient (Wildman–Crippen LogP) is 3.05. The van der Waals surface area contributed by atoms with Crippen LogP contribution in [0, 0.1) is 5.92 Å². The van der Waals surface area contributed by atoms with Gasteiger partial charge in [0.25, 0.3) is 0 Å². The Labute approximate surface area is 196 Å². The molecular formula is C23H24Cl2N4O3. The molecule has 9 heteroatoms. The van der Waals surface area contributed by atoms with Gasteiger partial charge in [-0.1, -0.05) is 36.2 Å². The quantitative estimate of drug-likeness (QED) is 0.673. The van der Waals surface area contributed by atoms with Crippen LogP contribution in [0.15, 0.2) is 42.6 Å². The summed E-state index contributed by atoms with van der Waals surface area (Å²) in [5, 5.41) is 3.95. The minimum absolute atomic E-state index is 0.0435. The molecule has 2 aliphatic heterocycles. The van der Waals surface area contributed by atoms with E-state index >= 15 is 0 Å². The zero-order valence-corrected chi connectivity index (χ0v) is 19.2. The number of carbonyl (C=O) groups is 3. The number of ketones is 1. The standard InChI is InChI=1S/C23H24Cl2N4O3/c1-15(14-23(19-4-2-3-5-26-19)20(30)13-21(31)27-23)22(32)29-8-6-28(7-9-29)18-11-16(24)10-17(25)12-18/h2-5,10-12,15H,6-9,13-14H2,1H3,(H,27,31). The summed E-state index contributed by atoms with van der Waals surface area (Å²) in [4.78, 5) is 46.3. The second-order valence-electron chi connectivity index (χ2n) is 8.31. The van der Waals surface area contributed by atoms with E-state index in [4.69, 9.17) is 23.2 Å². The number of halogens is 2. The number of rotatable bonds is 5. The molecule has 1 aromatic carbocycles. The SMILES string of the molecule is CC(CC1(c2ccccn2)NC(=O)CC1=O)C(=O)N1CCN(c2cc(Cl)cc(Cl)c2)CC1. The summed E-state index contributed by atoms with van der Waals surface area (Å²) in [5.74, 6) is -1.10. The smallest absolute Gasteiger partial charge is 0.228 e. The average molecular weight is 475 g/mol. The van der Waals surface area contributed by atoms with Gasteiger partial charge < -0.3 is 15.1 Å². The van der Waals surface area contributed by atoms with Gasteiger partial charge in [-0.3, -0.25) is 19.4 Å². The van der Waals surface area contributed by atoms with E-state index in [-0.39, 0.29) is 30.4 Å². The zero-order valence-electron chi connectivity index (χ0n) is 17.7. The van der Waals surface area contributed by atoms with Crippen LogP contribution < -0.4 is 10.2 Å². The molecule has 4 rings (SSSR count). The van der Waals surface area contributed by atoms with Gasteiger partial charge in [-0.2, -0.15) is 0 Å². The number of piperazine rings is 1. The largest absolute Gasteiger partial charge is 0.368 e.